The summed E-state index contributed by atoms with van der Waals surface area (Å²) in [6, 6.07) is 5.33. The van der Waals surface area contributed by atoms with Gasteiger partial charge in [0.05, 0.1) is 12.2 Å². The minimum atomic E-state index is -4.85. The van der Waals surface area contributed by atoms with E-state index in [0.717, 1.165) is 11.0 Å². The van der Waals surface area contributed by atoms with Crippen LogP contribution in [0, 0.1) is 0 Å². The van der Waals surface area contributed by atoms with E-state index < -0.39 is 18.0 Å². The zero-order valence-electron chi connectivity index (χ0n) is 10.2. The summed E-state index contributed by atoms with van der Waals surface area (Å²) in [5, 5.41) is 2.37. The molecule has 0 atom stereocenters. The van der Waals surface area contributed by atoms with Gasteiger partial charge < -0.3 is 15.0 Å². The predicted molar refractivity (Wildman–Crippen MR) is 63.1 cm³/mol. The van der Waals surface area contributed by atoms with Crippen molar-refractivity contribution in [1.29, 1.82) is 0 Å². The van der Waals surface area contributed by atoms with E-state index in [2.05, 4.69) is 10.1 Å². The van der Waals surface area contributed by atoms with E-state index in [4.69, 9.17) is 0 Å². The smallest absolute Gasteiger partial charge is 0.404 e. The molecule has 0 bridgehead atoms. The van der Waals surface area contributed by atoms with E-state index in [1.54, 1.807) is 0 Å². The van der Waals surface area contributed by atoms with Crippen molar-refractivity contribution in [1.82, 2.24) is 5.32 Å². The normalized spacial score (nSPS) is 16.6. The molecule has 108 valence electrons. The summed E-state index contributed by atoms with van der Waals surface area (Å²) in [5.74, 6) is -1.29. The lowest BCUT2D eigenvalue weighted by atomic mass is 10.2. The van der Waals surface area contributed by atoms with Gasteiger partial charge in [0.15, 0.2) is 5.75 Å². The molecule has 20 heavy (non-hydrogen) atoms. The van der Waals surface area contributed by atoms with Crippen LogP contribution in [0.5, 0.6) is 5.75 Å². The molecule has 0 saturated carbocycles. The molecule has 1 saturated heterocycles. The van der Waals surface area contributed by atoms with Crippen molar-refractivity contribution in [3.8, 4) is 5.75 Å². The Kier molecular flexibility index (Phi) is 3.82. The van der Waals surface area contributed by atoms with E-state index in [-0.39, 0.29) is 31.1 Å². The van der Waals surface area contributed by atoms with Crippen molar-refractivity contribution < 1.29 is 27.5 Å². The van der Waals surface area contributed by atoms with Gasteiger partial charge in [-0.15, -0.1) is 13.2 Å². The first-order valence-electron chi connectivity index (χ1n) is 5.78. The van der Waals surface area contributed by atoms with E-state index in [9.17, 15) is 22.8 Å². The second kappa shape index (κ2) is 5.40. The Morgan fingerprint density at radius 3 is 2.60 bits per heavy atom. The van der Waals surface area contributed by atoms with Crippen molar-refractivity contribution in [2.45, 2.75) is 12.8 Å². The molecule has 1 aliphatic rings. The molecular formula is C12H11F3N2O3. The molecule has 1 N–H and O–H groups in total. The van der Waals surface area contributed by atoms with Crippen LogP contribution < -0.4 is 15.0 Å². The number of benzene rings is 1. The highest BCUT2D eigenvalue weighted by Gasteiger charge is 2.33. The van der Waals surface area contributed by atoms with E-state index in [1.807, 2.05) is 0 Å². The van der Waals surface area contributed by atoms with Crippen LogP contribution >= 0.6 is 0 Å². The quantitative estimate of drug-likeness (QED) is 0.896. The number of carbonyl (C=O) groups excluding carboxylic acids is 2. The Bertz CT molecular complexity index is 531. The van der Waals surface area contributed by atoms with Crippen LogP contribution in [0.2, 0.25) is 0 Å². The molecule has 1 heterocycles. The number of amides is 2. The molecule has 1 aromatic carbocycles. The maximum atomic E-state index is 12.3. The third kappa shape index (κ3) is 3.40. The van der Waals surface area contributed by atoms with Crippen LogP contribution in [-0.4, -0.2) is 31.3 Å². The molecule has 0 unspecified atom stereocenters. The third-order valence-corrected chi connectivity index (χ3v) is 2.68. The summed E-state index contributed by atoms with van der Waals surface area (Å²) in [4.78, 5) is 24.2. The number of para-hydroxylation sites is 2. The summed E-state index contributed by atoms with van der Waals surface area (Å²) in [5.41, 5.74) is -0.00803. The van der Waals surface area contributed by atoms with Crippen molar-refractivity contribution in [3.05, 3.63) is 24.3 Å². The molecule has 0 radical (unpaired) electrons. The monoisotopic (exact) mass is 288 g/mol. The second-order valence-corrected chi connectivity index (χ2v) is 4.09. The highest BCUT2D eigenvalue weighted by atomic mass is 19.4. The molecular weight excluding hydrogens is 277 g/mol. The van der Waals surface area contributed by atoms with Gasteiger partial charge in [0.2, 0.25) is 11.8 Å². The molecule has 0 spiro atoms. The first-order valence-corrected chi connectivity index (χ1v) is 5.78. The fourth-order valence-corrected chi connectivity index (χ4v) is 1.84. The second-order valence-electron chi connectivity index (χ2n) is 4.09. The highest BCUT2D eigenvalue weighted by Crippen LogP contribution is 2.33. The van der Waals surface area contributed by atoms with Crippen LogP contribution in [0.15, 0.2) is 24.3 Å². The number of halogens is 3. The first kappa shape index (κ1) is 14.2. The van der Waals surface area contributed by atoms with Crippen LogP contribution in [0.1, 0.15) is 6.42 Å². The average molecular weight is 288 g/mol. The molecule has 1 fully saturated rings. The number of anilines is 1. The van der Waals surface area contributed by atoms with Crippen LogP contribution in [0.4, 0.5) is 18.9 Å². The van der Waals surface area contributed by atoms with Crippen molar-refractivity contribution in [3.63, 3.8) is 0 Å². The number of alkyl halides is 3. The zero-order valence-corrected chi connectivity index (χ0v) is 10.2. The van der Waals surface area contributed by atoms with Gasteiger partial charge in [-0.25, -0.2) is 0 Å². The topological polar surface area (TPSA) is 58.6 Å². The molecule has 1 aliphatic heterocycles. The Balaban J connectivity index is 2.31. The third-order valence-electron chi connectivity index (χ3n) is 2.68. The number of carbonyl (C=O) groups is 2. The summed E-state index contributed by atoms with van der Waals surface area (Å²) in [7, 11) is 0. The van der Waals surface area contributed by atoms with Gasteiger partial charge >= 0.3 is 6.36 Å². The van der Waals surface area contributed by atoms with Crippen LogP contribution in [0.3, 0.4) is 0 Å². The van der Waals surface area contributed by atoms with Gasteiger partial charge in [-0.1, -0.05) is 12.1 Å². The fraction of sp³-hybridized carbons (Fsp3) is 0.333. The number of hydrogen-bond acceptors (Lipinski definition) is 3. The number of nitrogens with one attached hydrogen (secondary N) is 1. The highest BCUT2D eigenvalue weighted by molar-refractivity contribution is 5.99. The van der Waals surface area contributed by atoms with Gasteiger partial charge in [-0.2, -0.15) is 0 Å². The standard InChI is InChI=1S/C12H11F3N2O3/c13-12(14,15)20-9-4-2-1-3-8(9)17-6-5-10(18)16-7-11(17)19/h1-4H,5-7H2,(H,16,18). The van der Waals surface area contributed by atoms with E-state index in [0.29, 0.717) is 0 Å². The number of rotatable bonds is 2. The van der Waals surface area contributed by atoms with Gasteiger partial charge in [-0.3, -0.25) is 9.59 Å². The fourth-order valence-electron chi connectivity index (χ4n) is 1.84. The Hall–Kier alpha value is -2.25. The van der Waals surface area contributed by atoms with Gasteiger partial charge in [0.25, 0.3) is 0 Å². The van der Waals surface area contributed by atoms with Gasteiger partial charge in [-0.05, 0) is 12.1 Å². The van der Waals surface area contributed by atoms with Crippen LogP contribution in [0.25, 0.3) is 0 Å². The van der Waals surface area contributed by atoms with Gasteiger partial charge in [0.1, 0.15) is 0 Å². The largest absolute Gasteiger partial charge is 0.573 e. The van der Waals surface area contributed by atoms with E-state index >= 15 is 0 Å². The molecule has 0 aromatic heterocycles. The Morgan fingerprint density at radius 2 is 1.90 bits per heavy atom. The van der Waals surface area contributed by atoms with Crippen molar-refractivity contribution in [2.75, 3.05) is 18.0 Å². The lowest BCUT2D eigenvalue weighted by Crippen LogP contribution is -2.35. The van der Waals surface area contributed by atoms with Crippen molar-refractivity contribution >= 4 is 17.5 Å². The average Bonchev–Trinajstić information content (AvgIpc) is 2.51. The van der Waals surface area contributed by atoms with Crippen LogP contribution in [-0.2, 0) is 9.59 Å². The summed E-state index contributed by atoms with van der Waals surface area (Å²) >= 11 is 0. The maximum absolute atomic E-state index is 12.3. The molecule has 0 aliphatic carbocycles. The predicted octanol–water partition coefficient (Wildman–Crippen LogP) is 1.44. The Labute approximate surface area is 112 Å². The minimum absolute atomic E-state index is 0.00287. The lowest BCUT2D eigenvalue weighted by Gasteiger charge is -2.23. The molecule has 5 nitrogen and oxygen atoms in total. The maximum Gasteiger partial charge on any atom is 0.573 e. The summed E-state index contributed by atoms with van der Waals surface area (Å²) in [6.45, 7) is -0.248. The SMILES string of the molecule is O=C1CCN(c2ccccc2OC(F)(F)F)C(=O)CN1. The van der Waals surface area contributed by atoms with E-state index in [1.165, 1.54) is 18.2 Å². The molecule has 2 rings (SSSR count). The molecule has 2 amide bonds. The first-order chi connectivity index (χ1) is 9.37. The number of nitrogens with zero attached hydrogens (tertiary/aromatic N) is 1. The number of hydrogen-bond donors (Lipinski definition) is 1. The lowest BCUT2D eigenvalue weighted by molar-refractivity contribution is -0.274. The summed E-state index contributed by atoms with van der Waals surface area (Å²) < 4.78 is 40.9. The molecule has 1 aromatic rings. The Morgan fingerprint density at radius 1 is 1.20 bits per heavy atom. The molecule has 8 heteroatoms. The number of ether oxygens (including phenoxy) is 1. The zero-order chi connectivity index (χ0) is 14.8. The summed E-state index contributed by atoms with van der Waals surface area (Å²) in [6.07, 6.45) is -4.83. The van der Waals surface area contributed by atoms with Crippen molar-refractivity contribution in [2.24, 2.45) is 0 Å². The van der Waals surface area contributed by atoms with Gasteiger partial charge in [0, 0.05) is 13.0 Å². The minimum Gasteiger partial charge on any atom is -0.404 e.